The van der Waals surface area contributed by atoms with Crippen LogP contribution in [0.5, 0.6) is 5.75 Å². The van der Waals surface area contributed by atoms with Gasteiger partial charge < -0.3 is 20.7 Å². The van der Waals surface area contributed by atoms with E-state index < -0.39 is 12.1 Å². The van der Waals surface area contributed by atoms with Crippen molar-refractivity contribution in [3.8, 4) is 5.75 Å². The van der Waals surface area contributed by atoms with E-state index in [0.717, 1.165) is 17.8 Å². The number of hydrogen-bond donors (Lipinski definition) is 3. The molecule has 1 aliphatic heterocycles. The molecule has 2 aromatic carbocycles. The first-order valence-corrected chi connectivity index (χ1v) is 8.74. The first kappa shape index (κ1) is 17.8. The average molecular weight is 353 g/mol. The van der Waals surface area contributed by atoms with E-state index in [-0.39, 0.29) is 11.8 Å². The maximum Gasteiger partial charge on any atom is 0.265 e. The summed E-state index contributed by atoms with van der Waals surface area (Å²) in [4.78, 5) is 24.1. The summed E-state index contributed by atoms with van der Waals surface area (Å²) in [5.74, 6) is 0.299. The lowest BCUT2D eigenvalue weighted by molar-refractivity contribution is -0.122. The number of carbonyl (C=O) groups is 2. The van der Waals surface area contributed by atoms with Crippen molar-refractivity contribution in [2.24, 2.45) is 0 Å². The SMILES string of the molecule is CCc1ccc(NC(=O)C(C)Nc2ccc3c(c2)NC(=O)C(C)O3)cc1. The lowest BCUT2D eigenvalue weighted by Crippen LogP contribution is -2.34. The summed E-state index contributed by atoms with van der Waals surface area (Å²) in [6.45, 7) is 5.57. The highest BCUT2D eigenvalue weighted by Gasteiger charge is 2.24. The van der Waals surface area contributed by atoms with Gasteiger partial charge in [0, 0.05) is 11.4 Å². The third kappa shape index (κ3) is 3.96. The van der Waals surface area contributed by atoms with Crippen LogP contribution in [0.2, 0.25) is 0 Å². The Labute approximate surface area is 152 Å². The van der Waals surface area contributed by atoms with E-state index in [0.29, 0.717) is 11.4 Å². The minimum Gasteiger partial charge on any atom is -0.479 e. The highest BCUT2D eigenvalue weighted by atomic mass is 16.5. The van der Waals surface area contributed by atoms with E-state index in [1.54, 1.807) is 26.0 Å². The second-order valence-corrected chi connectivity index (χ2v) is 6.37. The van der Waals surface area contributed by atoms with Gasteiger partial charge in [-0.05, 0) is 56.2 Å². The van der Waals surface area contributed by atoms with Gasteiger partial charge in [-0.1, -0.05) is 19.1 Å². The van der Waals surface area contributed by atoms with E-state index >= 15 is 0 Å². The first-order valence-electron chi connectivity index (χ1n) is 8.74. The Morgan fingerprint density at radius 3 is 2.58 bits per heavy atom. The summed E-state index contributed by atoms with van der Waals surface area (Å²) in [7, 11) is 0. The van der Waals surface area contributed by atoms with Gasteiger partial charge in [0.25, 0.3) is 5.91 Å². The maximum absolute atomic E-state index is 12.4. The van der Waals surface area contributed by atoms with Gasteiger partial charge in [-0.25, -0.2) is 0 Å². The first-order chi connectivity index (χ1) is 12.5. The number of rotatable bonds is 5. The maximum atomic E-state index is 12.4. The molecule has 2 aromatic rings. The minimum atomic E-state index is -0.509. The van der Waals surface area contributed by atoms with Crippen LogP contribution in [0, 0.1) is 0 Å². The molecule has 0 radical (unpaired) electrons. The molecular formula is C20H23N3O3. The molecule has 2 unspecified atom stereocenters. The topological polar surface area (TPSA) is 79.5 Å². The van der Waals surface area contributed by atoms with Gasteiger partial charge in [0.2, 0.25) is 5.91 Å². The highest BCUT2D eigenvalue weighted by molar-refractivity contribution is 5.99. The number of amides is 2. The van der Waals surface area contributed by atoms with Crippen LogP contribution in [0.25, 0.3) is 0 Å². The lowest BCUT2D eigenvalue weighted by Gasteiger charge is -2.24. The molecule has 3 N–H and O–H groups in total. The Morgan fingerprint density at radius 2 is 1.88 bits per heavy atom. The summed E-state index contributed by atoms with van der Waals surface area (Å²) >= 11 is 0. The molecule has 0 fully saturated rings. The predicted molar refractivity (Wildman–Crippen MR) is 103 cm³/mol. The smallest absolute Gasteiger partial charge is 0.265 e. The third-order valence-corrected chi connectivity index (χ3v) is 4.32. The predicted octanol–water partition coefficient (Wildman–Crippen LogP) is 3.41. The summed E-state index contributed by atoms with van der Waals surface area (Å²) in [5, 5.41) is 8.83. The van der Waals surface area contributed by atoms with Crippen LogP contribution in [-0.4, -0.2) is 24.0 Å². The lowest BCUT2D eigenvalue weighted by atomic mass is 10.1. The summed E-state index contributed by atoms with van der Waals surface area (Å²) < 4.78 is 5.53. The Kier molecular flexibility index (Phi) is 5.11. The van der Waals surface area contributed by atoms with Crippen molar-refractivity contribution in [1.82, 2.24) is 0 Å². The van der Waals surface area contributed by atoms with Crippen molar-refractivity contribution in [1.29, 1.82) is 0 Å². The molecule has 2 amide bonds. The van der Waals surface area contributed by atoms with E-state index in [9.17, 15) is 9.59 Å². The standard InChI is InChI=1S/C20H23N3O3/c1-4-14-5-7-15(8-6-14)22-19(24)12(2)21-16-9-10-18-17(11-16)23-20(25)13(3)26-18/h5-13,21H,4H2,1-3H3,(H,22,24)(H,23,25). The number of ether oxygens (including phenoxy) is 1. The van der Waals surface area contributed by atoms with Gasteiger partial charge in [-0.15, -0.1) is 0 Å². The zero-order valence-corrected chi connectivity index (χ0v) is 15.1. The molecule has 136 valence electrons. The molecule has 0 saturated heterocycles. The number of nitrogens with one attached hydrogen (secondary N) is 3. The van der Waals surface area contributed by atoms with E-state index in [2.05, 4.69) is 22.9 Å². The monoisotopic (exact) mass is 353 g/mol. The second kappa shape index (κ2) is 7.47. The zero-order valence-electron chi connectivity index (χ0n) is 15.1. The van der Waals surface area contributed by atoms with Crippen LogP contribution in [0.3, 0.4) is 0 Å². The molecule has 6 heteroatoms. The fourth-order valence-electron chi connectivity index (χ4n) is 2.69. The van der Waals surface area contributed by atoms with Crippen molar-refractivity contribution >= 4 is 28.9 Å². The van der Waals surface area contributed by atoms with Crippen LogP contribution in [-0.2, 0) is 16.0 Å². The Hall–Kier alpha value is -3.02. The van der Waals surface area contributed by atoms with E-state index in [1.165, 1.54) is 5.56 Å². The molecule has 3 rings (SSSR count). The second-order valence-electron chi connectivity index (χ2n) is 6.37. The quantitative estimate of drug-likeness (QED) is 0.770. The molecule has 0 aromatic heterocycles. The van der Waals surface area contributed by atoms with Crippen LogP contribution >= 0.6 is 0 Å². The molecule has 0 aliphatic carbocycles. The molecule has 0 bridgehead atoms. The number of aryl methyl sites for hydroxylation is 1. The minimum absolute atomic E-state index is 0.138. The van der Waals surface area contributed by atoms with Gasteiger partial charge >= 0.3 is 0 Å². The zero-order chi connectivity index (χ0) is 18.7. The van der Waals surface area contributed by atoms with Crippen LogP contribution in [0.15, 0.2) is 42.5 Å². The average Bonchev–Trinajstić information content (AvgIpc) is 2.63. The molecule has 0 saturated carbocycles. The normalized spacial score (nSPS) is 16.7. The van der Waals surface area contributed by atoms with Gasteiger partial charge in [-0.3, -0.25) is 9.59 Å². The summed E-state index contributed by atoms with van der Waals surface area (Å²) in [6.07, 6.45) is 0.453. The summed E-state index contributed by atoms with van der Waals surface area (Å²) in [6, 6.07) is 12.7. The number of fused-ring (bicyclic) bond motifs is 1. The van der Waals surface area contributed by atoms with Crippen molar-refractivity contribution in [3.63, 3.8) is 0 Å². The fourth-order valence-corrected chi connectivity index (χ4v) is 2.69. The van der Waals surface area contributed by atoms with Crippen LogP contribution in [0.4, 0.5) is 17.1 Å². The number of carbonyl (C=O) groups excluding carboxylic acids is 2. The Morgan fingerprint density at radius 1 is 1.19 bits per heavy atom. The number of benzene rings is 2. The van der Waals surface area contributed by atoms with Crippen molar-refractivity contribution < 1.29 is 14.3 Å². The van der Waals surface area contributed by atoms with Crippen molar-refractivity contribution in [3.05, 3.63) is 48.0 Å². The highest BCUT2D eigenvalue weighted by Crippen LogP contribution is 2.32. The molecule has 0 spiro atoms. The molecule has 26 heavy (non-hydrogen) atoms. The largest absolute Gasteiger partial charge is 0.479 e. The number of hydrogen-bond acceptors (Lipinski definition) is 4. The van der Waals surface area contributed by atoms with Crippen molar-refractivity contribution in [2.75, 3.05) is 16.0 Å². The van der Waals surface area contributed by atoms with Crippen LogP contribution < -0.4 is 20.7 Å². The third-order valence-electron chi connectivity index (χ3n) is 4.32. The van der Waals surface area contributed by atoms with Crippen LogP contribution in [0.1, 0.15) is 26.3 Å². The van der Waals surface area contributed by atoms with Crippen molar-refractivity contribution in [2.45, 2.75) is 39.3 Å². The molecule has 1 aliphatic rings. The molecule has 6 nitrogen and oxygen atoms in total. The molecule has 1 heterocycles. The van der Waals surface area contributed by atoms with E-state index in [1.807, 2.05) is 30.3 Å². The summed E-state index contributed by atoms with van der Waals surface area (Å²) in [5.41, 5.74) is 3.31. The van der Waals surface area contributed by atoms with Gasteiger partial charge in [-0.2, -0.15) is 0 Å². The Bertz CT molecular complexity index is 818. The molecule has 2 atom stereocenters. The van der Waals surface area contributed by atoms with Gasteiger partial charge in [0.1, 0.15) is 11.8 Å². The molecular weight excluding hydrogens is 330 g/mol. The Balaban J connectivity index is 1.63. The fraction of sp³-hybridized carbons (Fsp3) is 0.300. The van der Waals surface area contributed by atoms with Gasteiger partial charge in [0.05, 0.1) is 5.69 Å². The van der Waals surface area contributed by atoms with Gasteiger partial charge in [0.15, 0.2) is 6.10 Å². The number of anilines is 3. The van der Waals surface area contributed by atoms with E-state index in [4.69, 9.17) is 4.74 Å².